The molecule has 1 aliphatic heterocycles. The van der Waals surface area contributed by atoms with Gasteiger partial charge in [0.25, 0.3) is 0 Å². The first-order valence-electron chi connectivity index (χ1n) is 31.5. The molecule has 2 aromatic heterocycles. The third-order valence-corrected chi connectivity index (χ3v) is 12.1. The molecule has 0 aliphatic carbocycles. The van der Waals surface area contributed by atoms with Crippen LogP contribution in [-0.4, -0.2) is 16.2 Å². The van der Waals surface area contributed by atoms with E-state index in [1.165, 1.54) is 4.90 Å². The molecule has 11 rings (SSSR count). The molecule has 0 amide bonds. The molecule has 0 atom stereocenters. The number of pyridine rings is 1. The van der Waals surface area contributed by atoms with E-state index in [4.69, 9.17) is 20.1 Å². The second-order valence-corrected chi connectivity index (χ2v) is 18.6. The maximum absolute atomic E-state index is 10.2. The molecule has 0 saturated carbocycles. The maximum atomic E-state index is 10.2. The standard InChI is InChI=1S/C63H56N4/c1-62(2,3)49-32-33-64-60(41-49)67-56-27-17-16-26-52(56)53-31-30-43(37-59(53)67)34-44-35-50(63(4,5)6)40-51(36-44)65-42-66(58-29-19-18-28-57(58)65)61-54(46-22-12-8-13-23-46)38-48(45-20-10-7-11-21-45)39-55(61)47-24-14-9-15-25-47/h7-33,35-41H,34,42H2,1-6H3/i7D,8D,9D,10D,11D,12D,13D,14D,15D,20D,21D,22D,23D,24D,25D,34D2,38D,39D. The van der Waals surface area contributed by atoms with Crippen molar-refractivity contribution in [3.8, 4) is 39.2 Å². The van der Waals surface area contributed by atoms with E-state index in [-0.39, 0.29) is 29.0 Å². The third kappa shape index (κ3) is 7.87. The van der Waals surface area contributed by atoms with Gasteiger partial charge in [-0.05, 0) is 122 Å². The lowest BCUT2D eigenvalue weighted by molar-refractivity contribution is 0.588. The SMILES string of the molecule is [2H]c1c([2H])c([2H])c(-c2c([2H])c(-c3c([2H])c([2H])c([2H])c([2H])c3[2H])c(N3CN(c4cc(C(C)(C)C)cc(C([2H])([2H])c5ccc6c7ccccc7n(-c7cc(C(C)(C)C)ccn7)c6c5)c4)c4ccccc43)c(-c3c([2H])c([2H])c([2H])c([2H])c3[2H])c2[2H])c([2H])c1[2H]. The van der Waals surface area contributed by atoms with Crippen LogP contribution in [0.5, 0.6) is 0 Å². The first-order chi connectivity index (χ1) is 40.3. The number of hydrogen-bond acceptors (Lipinski definition) is 3. The zero-order chi connectivity index (χ0) is 62.5. The van der Waals surface area contributed by atoms with E-state index in [0.717, 1.165) is 27.4 Å². The van der Waals surface area contributed by atoms with E-state index in [0.29, 0.717) is 28.3 Å². The highest BCUT2D eigenvalue weighted by Gasteiger charge is 2.33. The Bertz CT molecular complexity index is 4380. The van der Waals surface area contributed by atoms with Crippen LogP contribution >= 0.6 is 0 Å². The van der Waals surface area contributed by atoms with Crippen molar-refractivity contribution in [3.63, 3.8) is 0 Å². The molecule has 3 heterocycles. The molecule has 10 aromatic rings. The molecule has 0 fully saturated rings. The summed E-state index contributed by atoms with van der Waals surface area (Å²) in [4.78, 5) is 8.17. The van der Waals surface area contributed by atoms with Crippen LogP contribution in [0, 0.1) is 0 Å². The number of rotatable bonds is 8. The van der Waals surface area contributed by atoms with Gasteiger partial charge in [-0.25, -0.2) is 4.98 Å². The average molecular weight is 888 g/mol. The summed E-state index contributed by atoms with van der Waals surface area (Å²) in [6, 6.07) is 15.5. The van der Waals surface area contributed by atoms with Crippen LogP contribution in [0.2, 0.25) is 0 Å². The smallest absolute Gasteiger partial charge is 0.137 e. The van der Waals surface area contributed by atoms with Gasteiger partial charge in [0, 0.05) is 36.5 Å². The summed E-state index contributed by atoms with van der Waals surface area (Å²) >= 11 is 0. The van der Waals surface area contributed by atoms with Gasteiger partial charge >= 0.3 is 0 Å². The molecule has 0 radical (unpaired) electrons. The Morgan fingerprint density at radius 3 is 1.75 bits per heavy atom. The molecular formula is C63H56N4. The molecule has 4 nitrogen and oxygen atoms in total. The molecule has 328 valence electrons. The summed E-state index contributed by atoms with van der Waals surface area (Å²) in [5, 5.41) is 1.84. The first-order valence-corrected chi connectivity index (χ1v) is 22.0. The normalized spacial score (nSPS) is 17.1. The highest BCUT2D eigenvalue weighted by atomic mass is 15.4. The van der Waals surface area contributed by atoms with Gasteiger partial charge in [-0.15, -0.1) is 0 Å². The Labute approximate surface area is 422 Å². The lowest BCUT2D eigenvalue weighted by atomic mass is 9.85. The van der Waals surface area contributed by atoms with Crippen LogP contribution in [0.1, 0.15) is 89.8 Å². The number of fused-ring (bicyclic) bond motifs is 4. The summed E-state index contributed by atoms with van der Waals surface area (Å²) in [6.45, 7) is 12.0. The van der Waals surface area contributed by atoms with E-state index in [1.54, 1.807) is 42.6 Å². The van der Waals surface area contributed by atoms with Gasteiger partial charge in [-0.1, -0.05) is 181 Å². The van der Waals surface area contributed by atoms with E-state index in [1.807, 2.05) is 90.9 Å². The van der Waals surface area contributed by atoms with Crippen molar-refractivity contribution in [3.05, 3.63) is 228 Å². The maximum Gasteiger partial charge on any atom is 0.137 e. The Morgan fingerprint density at radius 1 is 0.522 bits per heavy atom. The lowest BCUT2D eigenvalue weighted by Crippen LogP contribution is -2.25. The zero-order valence-electron chi connectivity index (χ0n) is 56.8. The van der Waals surface area contributed by atoms with E-state index in [2.05, 4.69) is 20.8 Å². The van der Waals surface area contributed by atoms with Crippen LogP contribution in [0.4, 0.5) is 22.7 Å². The van der Waals surface area contributed by atoms with Gasteiger partial charge in [-0.3, -0.25) is 4.57 Å². The van der Waals surface area contributed by atoms with E-state index >= 15 is 0 Å². The Balaban J connectivity index is 1.20. The third-order valence-electron chi connectivity index (χ3n) is 12.1. The van der Waals surface area contributed by atoms with Gasteiger partial charge < -0.3 is 9.80 Å². The number of aromatic nitrogens is 2. The Hall–Kier alpha value is -7.69. The molecule has 0 spiro atoms. The van der Waals surface area contributed by atoms with Crippen molar-refractivity contribution in [1.82, 2.24) is 9.55 Å². The van der Waals surface area contributed by atoms with E-state index < -0.39 is 148 Å². The second-order valence-electron chi connectivity index (χ2n) is 18.6. The summed E-state index contributed by atoms with van der Waals surface area (Å²) in [6.07, 6.45) is -0.422. The van der Waals surface area contributed by atoms with Gasteiger partial charge in [0.2, 0.25) is 0 Å². The molecule has 0 unspecified atom stereocenters. The van der Waals surface area contributed by atoms with Crippen molar-refractivity contribution in [1.29, 1.82) is 0 Å². The van der Waals surface area contributed by atoms with Gasteiger partial charge in [0.1, 0.15) is 12.5 Å². The number of para-hydroxylation sites is 3. The molecule has 0 saturated heterocycles. The molecular weight excluding hydrogens is 813 g/mol. The molecule has 0 bridgehead atoms. The fourth-order valence-electron chi connectivity index (χ4n) is 8.77. The molecule has 8 aromatic carbocycles. The van der Waals surface area contributed by atoms with Gasteiger partial charge in [0.15, 0.2) is 0 Å². The van der Waals surface area contributed by atoms with Crippen molar-refractivity contribution in [2.24, 2.45) is 0 Å². The highest BCUT2D eigenvalue weighted by molar-refractivity contribution is 6.09. The van der Waals surface area contributed by atoms with Gasteiger partial charge in [-0.2, -0.15) is 0 Å². The van der Waals surface area contributed by atoms with Crippen LogP contribution in [-0.2, 0) is 17.2 Å². The van der Waals surface area contributed by atoms with Crippen molar-refractivity contribution < 1.29 is 26.0 Å². The predicted octanol–water partition coefficient (Wildman–Crippen LogP) is 16.6. The van der Waals surface area contributed by atoms with Crippen LogP contribution in [0.25, 0.3) is 61.0 Å². The largest absolute Gasteiger partial charge is 0.321 e. The minimum atomic E-state index is -2.20. The zero-order valence-corrected chi connectivity index (χ0v) is 37.8. The average Bonchev–Trinajstić information content (AvgIpc) is 1.16. The second kappa shape index (κ2) is 16.6. The van der Waals surface area contributed by atoms with Gasteiger partial charge in [0.05, 0.1) is 51.4 Å². The highest BCUT2D eigenvalue weighted by Crippen LogP contribution is 2.52. The fraction of sp³-hybridized carbons (Fsp3) is 0.159. The molecule has 1 aliphatic rings. The first kappa shape index (κ1) is 25.9. The Morgan fingerprint density at radius 2 is 1.10 bits per heavy atom. The van der Waals surface area contributed by atoms with Crippen molar-refractivity contribution in [2.45, 2.75) is 58.7 Å². The molecule has 0 N–H and O–H groups in total. The summed E-state index contributed by atoms with van der Waals surface area (Å²) < 4.78 is 177. The fourth-order valence-corrected chi connectivity index (χ4v) is 8.77. The van der Waals surface area contributed by atoms with E-state index in [9.17, 15) is 11.0 Å². The Kier molecular flexibility index (Phi) is 6.42. The topological polar surface area (TPSA) is 24.3 Å². The quantitative estimate of drug-likeness (QED) is 0.152. The molecule has 67 heavy (non-hydrogen) atoms. The lowest BCUT2D eigenvalue weighted by Gasteiger charge is -2.29. The van der Waals surface area contributed by atoms with Crippen molar-refractivity contribution in [2.75, 3.05) is 16.5 Å². The number of nitrogens with zero attached hydrogens (tertiary/aromatic N) is 4. The monoisotopic (exact) mass is 888 g/mol. The minimum absolute atomic E-state index is 0.196. The predicted molar refractivity (Wildman–Crippen MR) is 284 cm³/mol. The van der Waals surface area contributed by atoms with Crippen molar-refractivity contribution >= 4 is 44.6 Å². The van der Waals surface area contributed by atoms with Crippen LogP contribution in [0.15, 0.2) is 206 Å². The molecule has 4 heteroatoms. The summed E-state index contributed by atoms with van der Waals surface area (Å²) in [5.74, 6) is 0.666. The van der Waals surface area contributed by atoms with Crippen LogP contribution in [0.3, 0.4) is 0 Å². The minimum Gasteiger partial charge on any atom is -0.321 e. The number of hydrogen-bond donors (Lipinski definition) is 0. The summed E-state index contributed by atoms with van der Waals surface area (Å²) in [5.41, 5.74) is 0.222. The number of anilines is 4. The number of benzene rings is 8. The summed E-state index contributed by atoms with van der Waals surface area (Å²) in [7, 11) is 0. The van der Waals surface area contributed by atoms with Crippen LogP contribution < -0.4 is 9.80 Å².